The molecule has 0 saturated heterocycles. The van der Waals surface area contributed by atoms with Gasteiger partial charge in [-0.3, -0.25) is 4.79 Å². The first-order valence-corrected chi connectivity index (χ1v) is 6.14. The number of rotatable bonds is 6. The summed E-state index contributed by atoms with van der Waals surface area (Å²) in [6.45, 7) is 5.45. The molecule has 5 nitrogen and oxygen atoms in total. The summed E-state index contributed by atoms with van der Waals surface area (Å²) in [4.78, 5) is 22.3. The highest BCUT2D eigenvalue weighted by Crippen LogP contribution is 2.34. The van der Waals surface area contributed by atoms with Gasteiger partial charge in [0.05, 0.1) is 5.41 Å². The lowest BCUT2D eigenvalue weighted by Crippen LogP contribution is -2.44. The van der Waals surface area contributed by atoms with E-state index in [2.05, 4.69) is 17.6 Å². The summed E-state index contributed by atoms with van der Waals surface area (Å²) in [6.07, 6.45) is 3.33. The van der Waals surface area contributed by atoms with Crippen molar-refractivity contribution in [3.63, 3.8) is 0 Å². The number of nitrogens with one attached hydrogen (secondary N) is 2. The second-order valence-electron chi connectivity index (χ2n) is 5.41. The molecule has 0 aromatic heterocycles. The third-order valence-corrected chi connectivity index (χ3v) is 3.17. The largest absolute Gasteiger partial charge is 0.481 e. The highest BCUT2D eigenvalue weighted by molar-refractivity contribution is 5.77. The molecule has 0 spiro atoms. The van der Waals surface area contributed by atoms with E-state index < -0.39 is 11.4 Å². The second kappa shape index (κ2) is 5.38. The minimum Gasteiger partial charge on any atom is -0.481 e. The molecule has 0 bridgehead atoms. The van der Waals surface area contributed by atoms with Crippen molar-refractivity contribution in [2.75, 3.05) is 6.54 Å². The lowest BCUT2D eigenvalue weighted by molar-refractivity contribution is -0.146. The minimum atomic E-state index is -0.927. The van der Waals surface area contributed by atoms with Gasteiger partial charge in [-0.15, -0.1) is 0 Å². The third kappa shape index (κ3) is 4.24. The summed E-state index contributed by atoms with van der Waals surface area (Å²) in [7, 11) is 0. The fraction of sp³-hybridized carbons (Fsp3) is 0.833. The fourth-order valence-corrected chi connectivity index (χ4v) is 1.71. The monoisotopic (exact) mass is 242 g/mol. The Labute approximate surface area is 102 Å². The molecule has 5 heteroatoms. The van der Waals surface area contributed by atoms with Crippen LogP contribution in [0.1, 0.15) is 40.0 Å². The number of hydrogen-bond donors (Lipinski definition) is 3. The van der Waals surface area contributed by atoms with Gasteiger partial charge < -0.3 is 15.7 Å². The van der Waals surface area contributed by atoms with E-state index in [1.807, 2.05) is 0 Å². The molecule has 1 fully saturated rings. The summed E-state index contributed by atoms with van der Waals surface area (Å²) < 4.78 is 0. The number of hydrogen-bond acceptors (Lipinski definition) is 2. The Morgan fingerprint density at radius 1 is 1.41 bits per heavy atom. The molecule has 0 heterocycles. The molecule has 2 amide bonds. The van der Waals surface area contributed by atoms with E-state index in [-0.39, 0.29) is 18.6 Å². The molecule has 0 radical (unpaired) electrons. The van der Waals surface area contributed by atoms with Crippen molar-refractivity contribution in [1.29, 1.82) is 0 Å². The summed E-state index contributed by atoms with van der Waals surface area (Å²) in [5, 5.41) is 14.4. The number of carbonyl (C=O) groups is 2. The molecular weight excluding hydrogens is 220 g/mol. The molecule has 1 rings (SSSR count). The molecule has 0 aromatic carbocycles. The van der Waals surface area contributed by atoms with Crippen LogP contribution in [0.3, 0.4) is 0 Å². The first-order chi connectivity index (χ1) is 7.86. The van der Waals surface area contributed by atoms with Gasteiger partial charge in [-0.1, -0.05) is 13.3 Å². The molecule has 1 aliphatic carbocycles. The zero-order chi connectivity index (χ0) is 13.1. The van der Waals surface area contributed by atoms with Gasteiger partial charge in [-0.05, 0) is 32.6 Å². The SMILES string of the molecule is CCCC1CC1NC(=O)NCC(C)(C)C(=O)O. The molecule has 2 atom stereocenters. The normalized spacial score (nSPS) is 23.0. The van der Waals surface area contributed by atoms with Crippen molar-refractivity contribution in [3.05, 3.63) is 0 Å². The number of amides is 2. The molecule has 0 aromatic rings. The topological polar surface area (TPSA) is 78.4 Å². The maximum atomic E-state index is 11.5. The van der Waals surface area contributed by atoms with E-state index in [1.54, 1.807) is 13.8 Å². The number of carboxylic acids is 1. The van der Waals surface area contributed by atoms with Crippen LogP contribution in [0.15, 0.2) is 0 Å². The molecule has 98 valence electrons. The van der Waals surface area contributed by atoms with Crippen LogP contribution < -0.4 is 10.6 Å². The Bertz CT molecular complexity index is 302. The van der Waals surface area contributed by atoms with Gasteiger partial charge in [-0.2, -0.15) is 0 Å². The van der Waals surface area contributed by atoms with Crippen LogP contribution in [0.5, 0.6) is 0 Å². The van der Waals surface area contributed by atoms with Crippen LogP contribution in [-0.4, -0.2) is 29.7 Å². The summed E-state index contributed by atoms with van der Waals surface area (Å²) >= 11 is 0. The van der Waals surface area contributed by atoms with Gasteiger partial charge in [0.1, 0.15) is 0 Å². The van der Waals surface area contributed by atoms with E-state index in [0.29, 0.717) is 5.92 Å². The summed E-state index contributed by atoms with van der Waals surface area (Å²) in [6, 6.07) is 0.0193. The van der Waals surface area contributed by atoms with Crippen LogP contribution in [0.4, 0.5) is 4.79 Å². The van der Waals surface area contributed by atoms with E-state index in [4.69, 9.17) is 5.11 Å². The highest BCUT2D eigenvalue weighted by atomic mass is 16.4. The van der Waals surface area contributed by atoms with E-state index in [9.17, 15) is 9.59 Å². The fourth-order valence-electron chi connectivity index (χ4n) is 1.71. The number of carbonyl (C=O) groups excluding carboxylic acids is 1. The van der Waals surface area contributed by atoms with Crippen molar-refractivity contribution in [3.8, 4) is 0 Å². The smallest absolute Gasteiger partial charge is 0.315 e. The number of carboxylic acid groups (broad SMARTS) is 1. The van der Waals surface area contributed by atoms with Crippen molar-refractivity contribution >= 4 is 12.0 Å². The van der Waals surface area contributed by atoms with Crippen LogP contribution in [-0.2, 0) is 4.79 Å². The Morgan fingerprint density at radius 2 is 2.06 bits per heavy atom. The third-order valence-electron chi connectivity index (χ3n) is 3.17. The molecule has 1 saturated carbocycles. The maximum absolute atomic E-state index is 11.5. The van der Waals surface area contributed by atoms with E-state index in [1.165, 1.54) is 0 Å². The zero-order valence-electron chi connectivity index (χ0n) is 10.7. The van der Waals surface area contributed by atoms with Gasteiger partial charge in [0.25, 0.3) is 0 Å². The van der Waals surface area contributed by atoms with Gasteiger partial charge in [0, 0.05) is 12.6 Å². The molecule has 3 N–H and O–H groups in total. The minimum absolute atomic E-state index is 0.138. The summed E-state index contributed by atoms with van der Waals surface area (Å²) in [5.41, 5.74) is -0.927. The lowest BCUT2D eigenvalue weighted by Gasteiger charge is -2.19. The van der Waals surface area contributed by atoms with Gasteiger partial charge in [-0.25, -0.2) is 4.79 Å². The van der Waals surface area contributed by atoms with Crippen molar-refractivity contribution in [2.24, 2.45) is 11.3 Å². The standard InChI is InChI=1S/C12H22N2O3/c1-4-5-8-6-9(8)14-11(17)13-7-12(2,3)10(15)16/h8-9H,4-7H2,1-3H3,(H,15,16)(H2,13,14,17). The van der Waals surface area contributed by atoms with Gasteiger partial charge >= 0.3 is 12.0 Å². The quantitative estimate of drug-likeness (QED) is 0.661. The Hall–Kier alpha value is -1.26. The average Bonchev–Trinajstić information content (AvgIpc) is 2.94. The van der Waals surface area contributed by atoms with Crippen molar-refractivity contribution < 1.29 is 14.7 Å². The van der Waals surface area contributed by atoms with Crippen LogP contribution >= 0.6 is 0 Å². The van der Waals surface area contributed by atoms with Crippen LogP contribution in [0.2, 0.25) is 0 Å². The maximum Gasteiger partial charge on any atom is 0.315 e. The molecule has 1 aliphatic rings. The van der Waals surface area contributed by atoms with Gasteiger partial charge in [0.2, 0.25) is 0 Å². The van der Waals surface area contributed by atoms with E-state index >= 15 is 0 Å². The zero-order valence-corrected chi connectivity index (χ0v) is 10.7. The number of aliphatic carboxylic acids is 1. The predicted octanol–water partition coefficient (Wildman–Crippen LogP) is 1.58. The van der Waals surface area contributed by atoms with Crippen LogP contribution in [0.25, 0.3) is 0 Å². The Morgan fingerprint density at radius 3 is 2.59 bits per heavy atom. The first-order valence-electron chi connectivity index (χ1n) is 6.14. The van der Waals surface area contributed by atoms with Crippen molar-refractivity contribution in [1.82, 2.24) is 10.6 Å². The molecule has 0 aliphatic heterocycles. The Balaban J connectivity index is 2.21. The molecule has 2 unspecified atom stereocenters. The van der Waals surface area contributed by atoms with E-state index in [0.717, 1.165) is 19.3 Å². The predicted molar refractivity (Wildman–Crippen MR) is 64.8 cm³/mol. The molecule has 17 heavy (non-hydrogen) atoms. The molecular formula is C12H22N2O3. The lowest BCUT2D eigenvalue weighted by atomic mass is 9.94. The first kappa shape index (κ1) is 13.8. The summed E-state index contributed by atoms with van der Waals surface area (Å²) in [5.74, 6) is -0.300. The highest BCUT2D eigenvalue weighted by Gasteiger charge is 2.37. The van der Waals surface area contributed by atoms with Gasteiger partial charge in [0.15, 0.2) is 0 Å². The average molecular weight is 242 g/mol. The Kier molecular flexibility index (Phi) is 4.37. The van der Waals surface area contributed by atoms with Crippen molar-refractivity contribution in [2.45, 2.75) is 46.1 Å². The second-order valence-corrected chi connectivity index (χ2v) is 5.41. The number of urea groups is 1. The van der Waals surface area contributed by atoms with Crippen LogP contribution in [0, 0.1) is 11.3 Å².